The number of aromatic nitrogens is 4. The summed E-state index contributed by atoms with van der Waals surface area (Å²) in [4.78, 5) is 25.3. The third-order valence-corrected chi connectivity index (χ3v) is 4.87. The highest BCUT2D eigenvalue weighted by Gasteiger charge is 2.08. The monoisotopic (exact) mass is 369 g/mol. The Hall–Kier alpha value is -2.41. The Kier molecular flexibility index (Phi) is 5.88. The van der Waals surface area contributed by atoms with Crippen LogP contribution in [0.2, 0.25) is 0 Å². The Labute approximate surface area is 157 Å². The summed E-state index contributed by atoms with van der Waals surface area (Å²) in [7, 11) is 0. The Morgan fingerprint density at radius 1 is 1.12 bits per heavy atom. The van der Waals surface area contributed by atoms with Gasteiger partial charge in [0, 0.05) is 24.5 Å². The van der Waals surface area contributed by atoms with Crippen LogP contribution in [0, 0.1) is 20.8 Å². The molecule has 1 N–H and O–H groups in total. The first-order valence-corrected chi connectivity index (χ1v) is 9.65. The van der Waals surface area contributed by atoms with Crippen LogP contribution in [-0.2, 0) is 11.3 Å². The molecule has 7 heteroatoms. The normalized spacial score (nSPS) is 11.0. The van der Waals surface area contributed by atoms with Crippen molar-refractivity contribution in [1.29, 1.82) is 0 Å². The Bertz CT molecular complexity index is 901. The van der Waals surface area contributed by atoms with Crippen LogP contribution < -0.4 is 5.32 Å². The number of nitrogens with one attached hydrogen (secondary N) is 1. The molecule has 0 aliphatic rings. The summed E-state index contributed by atoms with van der Waals surface area (Å²) < 4.78 is 2.19. The summed E-state index contributed by atoms with van der Waals surface area (Å²) in [5, 5.41) is 3.61. The van der Waals surface area contributed by atoms with Crippen molar-refractivity contribution in [1.82, 2.24) is 24.8 Å². The van der Waals surface area contributed by atoms with E-state index >= 15 is 0 Å². The lowest BCUT2D eigenvalue weighted by Gasteiger charge is -2.08. The molecule has 2 heterocycles. The average Bonchev–Trinajstić information content (AvgIpc) is 2.91. The van der Waals surface area contributed by atoms with Crippen molar-refractivity contribution < 1.29 is 4.79 Å². The number of rotatable bonds is 7. The molecule has 0 saturated heterocycles. The first-order chi connectivity index (χ1) is 12.5. The zero-order valence-corrected chi connectivity index (χ0v) is 16.1. The van der Waals surface area contributed by atoms with Crippen LogP contribution in [-0.4, -0.2) is 37.7 Å². The molecule has 1 aromatic carbocycles. The molecule has 0 unspecified atom stereocenters. The predicted octanol–water partition coefficient (Wildman–Crippen LogP) is 3.05. The highest BCUT2D eigenvalue weighted by Crippen LogP contribution is 2.16. The molecule has 0 radical (unpaired) electrons. The van der Waals surface area contributed by atoms with Gasteiger partial charge in [0.2, 0.25) is 5.91 Å². The van der Waals surface area contributed by atoms with Gasteiger partial charge in [0.25, 0.3) is 0 Å². The van der Waals surface area contributed by atoms with Gasteiger partial charge in [-0.25, -0.2) is 15.0 Å². The molecule has 2 aromatic heterocycles. The van der Waals surface area contributed by atoms with Gasteiger partial charge in [-0.1, -0.05) is 23.9 Å². The van der Waals surface area contributed by atoms with Gasteiger partial charge < -0.3 is 9.88 Å². The van der Waals surface area contributed by atoms with E-state index in [4.69, 9.17) is 0 Å². The van der Waals surface area contributed by atoms with E-state index < -0.39 is 0 Å². The van der Waals surface area contributed by atoms with Crippen molar-refractivity contribution in [2.45, 2.75) is 38.9 Å². The van der Waals surface area contributed by atoms with Gasteiger partial charge in [-0.3, -0.25) is 4.79 Å². The van der Waals surface area contributed by atoms with Crippen LogP contribution in [0.5, 0.6) is 0 Å². The zero-order chi connectivity index (χ0) is 18.5. The Balaban J connectivity index is 1.44. The van der Waals surface area contributed by atoms with Crippen molar-refractivity contribution in [3.05, 3.63) is 47.5 Å². The van der Waals surface area contributed by atoms with Crippen molar-refractivity contribution >= 4 is 28.7 Å². The van der Waals surface area contributed by atoms with Crippen molar-refractivity contribution in [2.75, 3.05) is 12.3 Å². The first kappa shape index (κ1) is 18.4. The lowest BCUT2D eigenvalue weighted by Crippen LogP contribution is -2.27. The maximum Gasteiger partial charge on any atom is 0.230 e. The number of benzene rings is 1. The molecule has 26 heavy (non-hydrogen) atoms. The third kappa shape index (κ3) is 4.60. The molecule has 1 amide bonds. The quantitative estimate of drug-likeness (QED) is 0.394. The standard InChI is InChI=1S/C19H23N5OS/c1-13-11-14(2)22-19(21-13)26-12-18(25)20-9-6-10-24-15(3)23-16-7-4-5-8-17(16)24/h4-5,7-8,11H,6,9-10,12H2,1-3H3,(H,20,25). The Morgan fingerprint density at radius 2 is 1.85 bits per heavy atom. The van der Waals surface area contributed by atoms with Gasteiger partial charge in [-0.05, 0) is 45.4 Å². The van der Waals surface area contributed by atoms with E-state index in [2.05, 4.69) is 30.9 Å². The fourth-order valence-electron chi connectivity index (χ4n) is 2.88. The van der Waals surface area contributed by atoms with Crippen LogP contribution in [0.1, 0.15) is 23.6 Å². The van der Waals surface area contributed by atoms with Gasteiger partial charge in [-0.15, -0.1) is 0 Å². The summed E-state index contributed by atoms with van der Waals surface area (Å²) in [5.41, 5.74) is 3.99. The number of hydrogen-bond acceptors (Lipinski definition) is 5. The minimum Gasteiger partial charge on any atom is -0.355 e. The molecule has 0 aliphatic heterocycles. The minimum atomic E-state index is 0.00460. The van der Waals surface area contributed by atoms with Crippen molar-refractivity contribution in [3.63, 3.8) is 0 Å². The second-order valence-electron chi connectivity index (χ2n) is 6.22. The number of fused-ring (bicyclic) bond motifs is 1. The maximum atomic E-state index is 12.0. The number of carbonyl (C=O) groups excluding carboxylic acids is 1. The molecule has 136 valence electrons. The summed E-state index contributed by atoms with van der Waals surface area (Å²) in [6, 6.07) is 10.0. The fourth-order valence-corrected chi connectivity index (χ4v) is 3.66. The number of hydrogen-bond donors (Lipinski definition) is 1. The zero-order valence-electron chi connectivity index (χ0n) is 15.3. The van der Waals surface area contributed by atoms with Gasteiger partial charge in [0.1, 0.15) is 5.82 Å². The molecular formula is C19H23N5OS. The molecule has 0 saturated carbocycles. The second-order valence-corrected chi connectivity index (χ2v) is 7.17. The maximum absolute atomic E-state index is 12.0. The third-order valence-electron chi connectivity index (χ3n) is 4.02. The molecule has 3 aromatic rings. The van der Waals surface area contributed by atoms with Crippen LogP contribution in [0.4, 0.5) is 0 Å². The lowest BCUT2D eigenvalue weighted by molar-refractivity contribution is -0.118. The van der Waals surface area contributed by atoms with Gasteiger partial charge in [0.05, 0.1) is 16.8 Å². The number of para-hydroxylation sites is 2. The molecule has 0 spiro atoms. The topological polar surface area (TPSA) is 72.7 Å². The van der Waals surface area contributed by atoms with Crippen LogP contribution in [0.3, 0.4) is 0 Å². The number of thioether (sulfide) groups is 1. The van der Waals surface area contributed by atoms with E-state index in [9.17, 15) is 4.79 Å². The highest BCUT2D eigenvalue weighted by molar-refractivity contribution is 7.99. The highest BCUT2D eigenvalue weighted by atomic mass is 32.2. The number of aryl methyl sites for hydroxylation is 4. The number of amides is 1. The largest absolute Gasteiger partial charge is 0.355 e. The van der Waals surface area contributed by atoms with Crippen LogP contribution in [0.15, 0.2) is 35.5 Å². The van der Waals surface area contributed by atoms with E-state index in [0.717, 1.165) is 41.2 Å². The van der Waals surface area contributed by atoms with E-state index in [-0.39, 0.29) is 5.91 Å². The molecule has 0 fully saturated rings. The smallest absolute Gasteiger partial charge is 0.230 e. The second kappa shape index (κ2) is 8.31. The fraction of sp³-hybridized carbons (Fsp3) is 0.368. The number of imidazole rings is 1. The molecule has 6 nitrogen and oxygen atoms in total. The minimum absolute atomic E-state index is 0.00460. The van der Waals surface area contributed by atoms with Gasteiger partial charge in [0.15, 0.2) is 5.16 Å². The van der Waals surface area contributed by atoms with E-state index in [0.29, 0.717) is 17.5 Å². The average molecular weight is 369 g/mol. The molecule has 0 bridgehead atoms. The lowest BCUT2D eigenvalue weighted by atomic mass is 10.3. The molecular weight excluding hydrogens is 346 g/mol. The first-order valence-electron chi connectivity index (χ1n) is 8.66. The van der Waals surface area contributed by atoms with E-state index in [1.54, 1.807) is 0 Å². The van der Waals surface area contributed by atoms with Gasteiger partial charge in [-0.2, -0.15) is 0 Å². The van der Waals surface area contributed by atoms with E-state index in [1.165, 1.54) is 11.8 Å². The summed E-state index contributed by atoms with van der Waals surface area (Å²) in [5.74, 6) is 1.33. The predicted molar refractivity (Wildman–Crippen MR) is 104 cm³/mol. The molecule has 0 atom stereocenters. The van der Waals surface area contributed by atoms with Crippen LogP contribution in [0.25, 0.3) is 11.0 Å². The molecule has 3 rings (SSSR count). The molecule has 0 aliphatic carbocycles. The van der Waals surface area contributed by atoms with Crippen molar-refractivity contribution in [3.8, 4) is 0 Å². The SMILES string of the molecule is Cc1cc(C)nc(SCC(=O)NCCCn2c(C)nc3ccccc32)n1. The number of nitrogens with zero attached hydrogens (tertiary/aromatic N) is 4. The summed E-state index contributed by atoms with van der Waals surface area (Å²) >= 11 is 1.37. The summed E-state index contributed by atoms with van der Waals surface area (Å²) in [6.07, 6.45) is 0.859. The summed E-state index contributed by atoms with van der Waals surface area (Å²) in [6.45, 7) is 7.35. The van der Waals surface area contributed by atoms with Gasteiger partial charge >= 0.3 is 0 Å². The van der Waals surface area contributed by atoms with E-state index in [1.807, 2.05) is 45.0 Å². The van der Waals surface area contributed by atoms with Crippen molar-refractivity contribution in [2.24, 2.45) is 0 Å². The number of carbonyl (C=O) groups is 1. The van der Waals surface area contributed by atoms with Crippen LogP contribution >= 0.6 is 11.8 Å². The Morgan fingerprint density at radius 3 is 2.62 bits per heavy atom.